The monoisotopic (exact) mass is 405 g/mol. The molecule has 4 nitrogen and oxygen atoms in total. The van der Waals surface area contributed by atoms with Gasteiger partial charge in [-0.05, 0) is 73.5 Å². The molecular weight excluding hydrogens is 378 g/mol. The molecule has 0 saturated heterocycles. The first-order valence-corrected chi connectivity index (χ1v) is 10.4. The van der Waals surface area contributed by atoms with Crippen LogP contribution in [0.3, 0.4) is 0 Å². The fourth-order valence-electron chi connectivity index (χ4n) is 3.15. The number of carbonyl (C=O) groups excluding carboxylic acids is 1. The molecule has 0 aliphatic rings. The zero-order valence-electron chi connectivity index (χ0n) is 17.5. The van der Waals surface area contributed by atoms with E-state index in [4.69, 9.17) is 11.0 Å². The van der Waals surface area contributed by atoms with Crippen LogP contribution in [0.25, 0.3) is 28.7 Å². The Hall–Kier alpha value is -3.10. The summed E-state index contributed by atoms with van der Waals surface area (Å²) >= 11 is 1.53. The van der Waals surface area contributed by atoms with Gasteiger partial charge in [-0.3, -0.25) is 4.79 Å². The summed E-state index contributed by atoms with van der Waals surface area (Å²) in [7, 11) is 0. The summed E-state index contributed by atoms with van der Waals surface area (Å²) in [5, 5.41) is 11.2. The summed E-state index contributed by atoms with van der Waals surface area (Å²) in [5.74, 6) is -0.701. The Morgan fingerprint density at radius 2 is 1.97 bits per heavy atom. The molecule has 0 bridgehead atoms. The van der Waals surface area contributed by atoms with E-state index in [0.717, 1.165) is 38.8 Å². The Kier molecular flexibility index (Phi) is 7.58. The van der Waals surface area contributed by atoms with Gasteiger partial charge in [0.1, 0.15) is 11.6 Å². The third-order valence-corrected chi connectivity index (χ3v) is 6.12. The largest absolute Gasteiger partial charge is 0.372 e. The zero-order valence-corrected chi connectivity index (χ0v) is 18.3. The molecule has 0 saturated carbocycles. The molecule has 2 rings (SSSR count). The lowest BCUT2D eigenvalue weighted by Crippen LogP contribution is -2.27. The number of nitriles is 1. The molecule has 0 atom stereocenters. The molecule has 0 fully saturated rings. The van der Waals surface area contributed by atoms with Crippen molar-refractivity contribution in [1.82, 2.24) is 4.90 Å². The minimum Gasteiger partial charge on any atom is -0.372 e. The third-order valence-electron chi connectivity index (χ3n) is 4.86. The van der Waals surface area contributed by atoms with Crippen LogP contribution >= 0.6 is 11.3 Å². The van der Waals surface area contributed by atoms with E-state index in [1.807, 2.05) is 25.1 Å². The average Bonchev–Trinajstić information content (AvgIpc) is 3.19. The Morgan fingerprint density at radius 3 is 2.48 bits per heavy atom. The van der Waals surface area contributed by atoms with Crippen LogP contribution in [0.2, 0.25) is 0 Å². The fourth-order valence-corrected chi connectivity index (χ4v) is 4.16. The first kappa shape index (κ1) is 22.2. The Morgan fingerprint density at radius 1 is 1.28 bits per heavy atom. The standard InChI is InChI=1S/C24H27N3OS/c1-6-20(27(7-2)8-3)14-18-9-10-19(13-16(18)4)23-12-11-22(29-23)17(5)21(15-25)24(26)28/h6,9-14H,4,7-8H2,1-3,5H3,(H2,26,28)/b18-14-,20-6?,21-17+. The zero-order chi connectivity index (χ0) is 21.6. The topological polar surface area (TPSA) is 70.1 Å². The van der Waals surface area contributed by atoms with E-state index in [0.29, 0.717) is 5.57 Å². The number of benzene rings is 1. The number of amides is 1. The second-order valence-electron chi connectivity index (χ2n) is 6.58. The molecule has 1 amide bonds. The lowest BCUT2D eigenvalue weighted by molar-refractivity contribution is -0.114. The highest BCUT2D eigenvalue weighted by atomic mass is 32.1. The highest BCUT2D eigenvalue weighted by Gasteiger charge is 2.12. The quantitative estimate of drug-likeness (QED) is 0.565. The number of rotatable bonds is 7. The van der Waals surface area contributed by atoms with Crippen LogP contribution in [0.1, 0.15) is 32.6 Å². The van der Waals surface area contributed by atoms with Gasteiger partial charge in [0.15, 0.2) is 0 Å². The van der Waals surface area contributed by atoms with Gasteiger partial charge in [0.05, 0.1) is 0 Å². The number of nitrogens with two attached hydrogens (primary N) is 1. The predicted octanol–water partition coefficient (Wildman–Crippen LogP) is 3.63. The summed E-state index contributed by atoms with van der Waals surface area (Å²) in [6.07, 6.45) is 4.28. The minimum atomic E-state index is -0.701. The fraction of sp³-hybridized carbons (Fsp3) is 0.250. The second-order valence-corrected chi connectivity index (χ2v) is 7.67. The Bertz CT molecular complexity index is 1110. The maximum Gasteiger partial charge on any atom is 0.259 e. The summed E-state index contributed by atoms with van der Waals surface area (Å²) in [5.41, 5.74) is 8.14. The molecular formula is C24H27N3OS. The SMILES string of the molecule is C=c1cc(-c2ccc(/C(C)=C(\C#N)C(N)=O)s2)cc/c1=C/C(=CC)N(CC)CC. The number of nitrogens with zero attached hydrogens (tertiary/aromatic N) is 2. The molecule has 1 aromatic carbocycles. The normalized spacial score (nSPS) is 13.1. The molecule has 150 valence electrons. The molecule has 0 unspecified atom stereocenters. The summed E-state index contributed by atoms with van der Waals surface area (Å²) in [4.78, 5) is 15.6. The number of thiophene rings is 1. The number of primary amides is 1. The van der Waals surface area contributed by atoms with E-state index in [9.17, 15) is 4.79 Å². The van der Waals surface area contributed by atoms with Crippen molar-refractivity contribution in [2.75, 3.05) is 13.1 Å². The van der Waals surface area contributed by atoms with Gasteiger partial charge in [0.2, 0.25) is 0 Å². The molecule has 2 N–H and O–H groups in total. The van der Waals surface area contributed by atoms with Crippen molar-refractivity contribution in [2.45, 2.75) is 27.7 Å². The van der Waals surface area contributed by atoms with Gasteiger partial charge in [-0.2, -0.15) is 5.26 Å². The van der Waals surface area contributed by atoms with E-state index in [2.05, 4.69) is 55.7 Å². The first-order valence-electron chi connectivity index (χ1n) is 9.59. The van der Waals surface area contributed by atoms with E-state index in [-0.39, 0.29) is 5.57 Å². The Balaban J connectivity index is 2.44. The van der Waals surface area contributed by atoms with Gasteiger partial charge >= 0.3 is 0 Å². The van der Waals surface area contributed by atoms with Crippen LogP contribution in [0.4, 0.5) is 0 Å². The molecule has 0 aliphatic heterocycles. The van der Waals surface area contributed by atoms with Crippen LogP contribution < -0.4 is 16.2 Å². The van der Waals surface area contributed by atoms with E-state index < -0.39 is 5.91 Å². The van der Waals surface area contributed by atoms with Crippen molar-refractivity contribution >= 4 is 35.5 Å². The van der Waals surface area contributed by atoms with Crippen molar-refractivity contribution in [3.63, 3.8) is 0 Å². The van der Waals surface area contributed by atoms with Gasteiger partial charge < -0.3 is 10.6 Å². The Labute approximate surface area is 176 Å². The lowest BCUT2D eigenvalue weighted by atomic mass is 10.1. The summed E-state index contributed by atoms with van der Waals surface area (Å²) in [6, 6.07) is 12.0. The van der Waals surface area contributed by atoms with Crippen LogP contribution in [-0.4, -0.2) is 23.9 Å². The maximum atomic E-state index is 11.4. The van der Waals surface area contributed by atoms with Crippen molar-refractivity contribution in [2.24, 2.45) is 5.73 Å². The second kappa shape index (κ2) is 9.90. The predicted molar refractivity (Wildman–Crippen MR) is 123 cm³/mol. The first-order chi connectivity index (χ1) is 13.9. The van der Waals surface area contributed by atoms with Crippen LogP contribution in [-0.2, 0) is 4.79 Å². The lowest BCUT2D eigenvalue weighted by Gasteiger charge is -2.21. The molecule has 5 heteroatoms. The van der Waals surface area contributed by atoms with Gasteiger partial charge in [0, 0.05) is 28.5 Å². The maximum absolute atomic E-state index is 11.4. The molecule has 1 heterocycles. The molecule has 0 aliphatic carbocycles. The summed E-state index contributed by atoms with van der Waals surface area (Å²) < 4.78 is 0. The smallest absolute Gasteiger partial charge is 0.259 e. The number of carbonyl (C=O) groups is 1. The summed E-state index contributed by atoms with van der Waals surface area (Å²) in [6.45, 7) is 14.2. The van der Waals surface area contributed by atoms with Gasteiger partial charge in [-0.1, -0.05) is 24.8 Å². The van der Waals surface area contributed by atoms with E-state index in [1.54, 1.807) is 6.92 Å². The van der Waals surface area contributed by atoms with Crippen molar-refractivity contribution in [3.05, 3.63) is 63.0 Å². The number of hydrogen-bond acceptors (Lipinski definition) is 4. The minimum absolute atomic E-state index is 0.00326. The molecule has 0 spiro atoms. The molecule has 0 radical (unpaired) electrons. The third kappa shape index (κ3) is 5.04. The highest BCUT2D eigenvalue weighted by Crippen LogP contribution is 2.32. The number of hydrogen-bond donors (Lipinski definition) is 1. The number of allylic oxidation sites excluding steroid dienone is 3. The highest BCUT2D eigenvalue weighted by molar-refractivity contribution is 7.16. The van der Waals surface area contributed by atoms with Crippen LogP contribution in [0.5, 0.6) is 0 Å². The van der Waals surface area contributed by atoms with E-state index >= 15 is 0 Å². The van der Waals surface area contributed by atoms with Crippen LogP contribution in [0, 0.1) is 11.3 Å². The van der Waals surface area contributed by atoms with Gasteiger partial charge in [-0.25, -0.2) is 0 Å². The van der Waals surface area contributed by atoms with Crippen molar-refractivity contribution in [1.29, 1.82) is 5.26 Å². The van der Waals surface area contributed by atoms with Gasteiger partial charge in [0.25, 0.3) is 5.91 Å². The molecule has 1 aromatic heterocycles. The van der Waals surface area contributed by atoms with Crippen molar-refractivity contribution < 1.29 is 4.79 Å². The van der Waals surface area contributed by atoms with E-state index in [1.165, 1.54) is 17.0 Å². The average molecular weight is 406 g/mol. The molecule has 2 aromatic rings. The van der Waals surface area contributed by atoms with Crippen molar-refractivity contribution in [3.8, 4) is 16.5 Å². The molecule has 29 heavy (non-hydrogen) atoms. The van der Waals surface area contributed by atoms with Crippen LogP contribution in [0.15, 0.2) is 47.7 Å². The van der Waals surface area contributed by atoms with Gasteiger partial charge in [-0.15, -0.1) is 11.3 Å².